The number of ether oxygens (including phenoxy) is 1. The molecule has 0 aromatic heterocycles. The predicted octanol–water partition coefficient (Wildman–Crippen LogP) is 1.01. The Morgan fingerprint density at radius 1 is 1.40 bits per heavy atom. The van der Waals surface area contributed by atoms with Gasteiger partial charge in [-0.05, 0) is 37.1 Å². The summed E-state index contributed by atoms with van der Waals surface area (Å²) in [5.41, 5.74) is 8.26. The molecule has 1 amide bonds. The molecule has 0 unspecified atom stereocenters. The van der Waals surface area contributed by atoms with E-state index in [4.69, 9.17) is 10.5 Å². The minimum absolute atomic E-state index is 0.0299. The zero-order chi connectivity index (χ0) is 11.4. The van der Waals surface area contributed by atoms with Gasteiger partial charge in [-0.2, -0.15) is 0 Å². The first-order valence-electron chi connectivity index (χ1n) is 4.74. The number of likely N-dealkylation sites (N-methyl/N-ethyl adjacent to an activating group) is 1. The van der Waals surface area contributed by atoms with Crippen LogP contribution in [0.2, 0.25) is 0 Å². The molecule has 0 aliphatic rings. The molecule has 1 aromatic carbocycles. The molecule has 0 heterocycles. The van der Waals surface area contributed by atoms with Crippen LogP contribution in [0.15, 0.2) is 12.1 Å². The van der Waals surface area contributed by atoms with Crippen molar-refractivity contribution in [3.63, 3.8) is 0 Å². The van der Waals surface area contributed by atoms with Gasteiger partial charge in [0, 0.05) is 12.7 Å². The highest BCUT2D eigenvalue weighted by Crippen LogP contribution is 2.25. The maximum Gasteiger partial charge on any atom is 0.257 e. The number of carbonyl (C=O) groups is 1. The third kappa shape index (κ3) is 2.87. The van der Waals surface area contributed by atoms with Crippen molar-refractivity contribution in [1.29, 1.82) is 0 Å². The summed E-state index contributed by atoms with van der Waals surface area (Å²) in [7, 11) is 1.58. The topological polar surface area (TPSA) is 64.3 Å². The number of aryl methyl sites for hydroxylation is 2. The van der Waals surface area contributed by atoms with Crippen LogP contribution in [0.3, 0.4) is 0 Å². The lowest BCUT2D eigenvalue weighted by Gasteiger charge is -2.12. The zero-order valence-corrected chi connectivity index (χ0v) is 9.26. The zero-order valence-electron chi connectivity index (χ0n) is 9.26. The lowest BCUT2D eigenvalue weighted by molar-refractivity contribution is -0.122. The van der Waals surface area contributed by atoms with Crippen molar-refractivity contribution in [2.75, 3.05) is 19.4 Å². The van der Waals surface area contributed by atoms with E-state index in [9.17, 15) is 4.79 Å². The monoisotopic (exact) mass is 208 g/mol. The summed E-state index contributed by atoms with van der Waals surface area (Å²) in [6, 6.07) is 3.65. The Balaban J connectivity index is 2.81. The second-order valence-corrected chi connectivity index (χ2v) is 3.45. The van der Waals surface area contributed by atoms with Crippen LogP contribution in [0.5, 0.6) is 5.75 Å². The van der Waals surface area contributed by atoms with Gasteiger partial charge in [-0.15, -0.1) is 0 Å². The molecule has 4 heteroatoms. The van der Waals surface area contributed by atoms with E-state index in [1.165, 1.54) is 0 Å². The van der Waals surface area contributed by atoms with E-state index in [2.05, 4.69) is 5.32 Å². The van der Waals surface area contributed by atoms with Gasteiger partial charge in [0.25, 0.3) is 5.91 Å². The Kier molecular flexibility index (Phi) is 3.55. The maximum atomic E-state index is 11.0. The fourth-order valence-electron chi connectivity index (χ4n) is 1.42. The summed E-state index contributed by atoms with van der Waals surface area (Å²) < 4.78 is 5.41. The van der Waals surface area contributed by atoms with Crippen LogP contribution in [0.4, 0.5) is 5.69 Å². The maximum absolute atomic E-state index is 11.0. The Morgan fingerprint density at radius 2 is 1.93 bits per heavy atom. The molecule has 1 rings (SSSR count). The number of anilines is 1. The first kappa shape index (κ1) is 11.4. The van der Waals surface area contributed by atoms with E-state index >= 15 is 0 Å². The lowest BCUT2D eigenvalue weighted by atomic mass is 10.1. The standard InChI is InChI=1S/C11H16N2O2/c1-7-4-9(12)5-8(2)11(7)15-6-10(14)13-3/h4-5H,6,12H2,1-3H3,(H,13,14). The number of nitrogens with two attached hydrogens (primary N) is 1. The molecule has 0 saturated heterocycles. The quantitative estimate of drug-likeness (QED) is 0.729. The van der Waals surface area contributed by atoms with Crippen LogP contribution in [0.25, 0.3) is 0 Å². The summed E-state index contributed by atoms with van der Waals surface area (Å²) in [6.07, 6.45) is 0. The fraction of sp³-hybridized carbons (Fsp3) is 0.364. The molecule has 0 atom stereocenters. The molecule has 1 aromatic rings. The third-order valence-corrected chi connectivity index (χ3v) is 2.11. The highest BCUT2D eigenvalue weighted by atomic mass is 16.5. The van der Waals surface area contributed by atoms with E-state index in [0.29, 0.717) is 5.69 Å². The predicted molar refractivity (Wildman–Crippen MR) is 59.9 cm³/mol. The van der Waals surface area contributed by atoms with E-state index < -0.39 is 0 Å². The van der Waals surface area contributed by atoms with E-state index in [-0.39, 0.29) is 12.5 Å². The molecule has 0 radical (unpaired) electrons. The van der Waals surface area contributed by atoms with Crippen LogP contribution in [-0.2, 0) is 4.79 Å². The number of benzene rings is 1. The van der Waals surface area contributed by atoms with Gasteiger partial charge < -0.3 is 15.8 Å². The van der Waals surface area contributed by atoms with E-state index in [1.54, 1.807) is 7.05 Å². The Bertz CT molecular complexity index is 352. The van der Waals surface area contributed by atoms with Crippen LogP contribution >= 0.6 is 0 Å². The van der Waals surface area contributed by atoms with Gasteiger partial charge in [-0.3, -0.25) is 4.79 Å². The van der Waals surface area contributed by atoms with Gasteiger partial charge >= 0.3 is 0 Å². The van der Waals surface area contributed by atoms with E-state index in [0.717, 1.165) is 16.9 Å². The minimum atomic E-state index is -0.148. The minimum Gasteiger partial charge on any atom is -0.483 e. The number of nitrogens with one attached hydrogen (secondary N) is 1. The molecular weight excluding hydrogens is 192 g/mol. The number of carbonyl (C=O) groups excluding carboxylic acids is 1. The Labute approximate surface area is 89.4 Å². The van der Waals surface area contributed by atoms with Gasteiger partial charge in [0.05, 0.1) is 0 Å². The highest BCUT2D eigenvalue weighted by molar-refractivity contribution is 5.77. The first-order valence-corrected chi connectivity index (χ1v) is 4.74. The molecule has 0 spiro atoms. The normalized spacial score (nSPS) is 9.80. The third-order valence-electron chi connectivity index (χ3n) is 2.11. The number of hydrogen-bond donors (Lipinski definition) is 2. The average Bonchev–Trinajstić information content (AvgIpc) is 2.15. The number of nitrogen functional groups attached to an aromatic ring is 1. The van der Waals surface area contributed by atoms with Crippen LogP contribution in [-0.4, -0.2) is 19.6 Å². The SMILES string of the molecule is CNC(=O)COc1c(C)cc(N)cc1C. The highest BCUT2D eigenvalue weighted by Gasteiger charge is 2.07. The molecule has 0 aliphatic heterocycles. The summed E-state index contributed by atoms with van der Waals surface area (Å²) in [5.74, 6) is 0.582. The second kappa shape index (κ2) is 4.68. The number of hydrogen-bond acceptors (Lipinski definition) is 3. The molecule has 0 bridgehead atoms. The number of amides is 1. The number of rotatable bonds is 3. The first-order chi connectivity index (χ1) is 7.04. The van der Waals surface area contributed by atoms with Crippen molar-refractivity contribution in [3.05, 3.63) is 23.3 Å². The fourth-order valence-corrected chi connectivity index (χ4v) is 1.42. The Hall–Kier alpha value is -1.71. The molecule has 0 aliphatic carbocycles. The van der Waals surface area contributed by atoms with Gasteiger partial charge in [0.1, 0.15) is 5.75 Å². The van der Waals surface area contributed by atoms with Crippen molar-refractivity contribution in [3.8, 4) is 5.75 Å². The summed E-state index contributed by atoms with van der Waals surface area (Å²) in [5, 5.41) is 2.50. The molecule has 0 fully saturated rings. The molecule has 3 N–H and O–H groups in total. The van der Waals surface area contributed by atoms with Crippen molar-refractivity contribution in [2.24, 2.45) is 0 Å². The van der Waals surface area contributed by atoms with Crippen molar-refractivity contribution in [1.82, 2.24) is 5.32 Å². The van der Waals surface area contributed by atoms with Crippen LogP contribution in [0.1, 0.15) is 11.1 Å². The van der Waals surface area contributed by atoms with E-state index in [1.807, 2.05) is 26.0 Å². The van der Waals surface area contributed by atoms with Crippen molar-refractivity contribution in [2.45, 2.75) is 13.8 Å². The molecule has 82 valence electrons. The van der Waals surface area contributed by atoms with Crippen molar-refractivity contribution < 1.29 is 9.53 Å². The lowest BCUT2D eigenvalue weighted by Crippen LogP contribution is -2.25. The average molecular weight is 208 g/mol. The van der Waals surface area contributed by atoms with Gasteiger partial charge in [-0.25, -0.2) is 0 Å². The van der Waals surface area contributed by atoms with Gasteiger partial charge in [0.2, 0.25) is 0 Å². The summed E-state index contributed by atoms with van der Waals surface area (Å²) >= 11 is 0. The largest absolute Gasteiger partial charge is 0.483 e. The second-order valence-electron chi connectivity index (χ2n) is 3.45. The van der Waals surface area contributed by atoms with Gasteiger partial charge in [0.15, 0.2) is 6.61 Å². The molecule has 0 saturated carbocycles. The molecular formula is C11H16N2O2. The molecule has 15 heavy (non-hydrogen) atoms. The van der Waals surface area contributed by atoms with Gasteiger partial charge in [-0.1, -0.05) is 0 Å². The summed E-state index contributed by atoms with van der Waals surface area (Å²) in [4.78, 5) is 11.0. The smallest absolute Gasteiger partial charge is 0.257 e. The van der Waals surface area contributed by atoms with Crippen LogP contribution < -0.4 is 15.8 Å². The molecule has 4 nitrogen and oxygen atoms in total. The van der Waals surface area contributed by atoms with Crippen molar-refractivity contribution >= 4 is 11.6 Å². The Morgan fingerprint density at radius 3 is 2.40 bits per heavy atom. The summed E-state index contributed by atoms with van der Waals surface area (Å²) in [6.45, 7) is 3.84. The van der Waals surface area contributed by atoms with Crippen LogP contribution in [0, 0.1) is 13.8 Å².